The van der Waals surface area contributed by atoms with Gasteiger partial charge in [0.2, 0.25) is 11.8 Å². The maximum atomic E-state index is 13.2. The molecule has 1 aliphatic heterocycles. The fraction of sp³-hybridized carbons (Fsp3) is 0.0455. The fourth-order valence-corrected chi connectivity index (χ4v) is 5.36. The Morgan fingerprint density at radius 1 is 0.968 bits per heavy atom. The fourth-order valence-electron chi connectivity index (χ4n) is 3.20. The van der Waals surface area contributed by atoms with E-state index in [1.54, 1.807) is 34.9 Å². The second kappa shape index (κ2) is 8.59. The van der Waals surface area contributed by atoms with Gasteiger partial charge in [-0.15, -0.1) is 10.2 Å². The molecule has 3 aromatic carbocycles. The van der Waals surface area contributed by atoms with Crippen LogP contribution in [0.4, 0.5) is 11.4 Å². The third-order valence-electron chi connectivity index (χ3n) is 4.57. The molecular formula is C22H13Cl2N3O2S2. The van der Waals surface area contributed by atoms with Crippen LogP contribution in [0.3, 0.4) is 0 Å². The van der Waals surface area contributed by atoms with Gasteiger partial charge in [-0.2, -0.15) is 0 Å². The molecule has 5 rings (SSSR count). The molecule has 0 bridgehead atoms. The topological polar surface area (TPSA) is 59.2 Å². The van der Waals surface area contributed by atoms with E-state index in [9.17, 15) is 4.79 Å². The highest BCUT2D eigenvalue weighted by Gasteiger charge is 2.28. The van der Waals surface area contributed by atoms with Crippen LogP contribution in [-0.4, -0.2) is 21.9 Å². The number of rotatable bonds is 4. The predicted octanol–water partition coefficient (Wildman–Crippen LogP) is 6.97. The van der Waals surface area contributed by atoms with E-state index >= 15 is 0 Å². The Bertz CT molecular complexity index is 1250. The summed E-state index contributed by atoms with van der Waals surface area (Å²) in [7, 11) is 0. The number of anilines is 2. The van der Waals surface area contributed by atoms with E-state index < -0.39 is 0 Å². The average molecular weight is 486 g/mol. The second-order valence-electron chi connectivity index (χ2n) is 6.55. The molecule has 0 atom stereocenters. The average Bonchev–Trinajstić information content (AvgIpc) is 3.24. The third-order valence-corrected chi connectivity index (χ3v) is 7.05. The zero-order valence-electron chi connectivity index (χ0n) is 15.8. The molecule has 0 radical (unpaired) electrons. The molecule has 0 aliphatic carbocycles. The largest absolute Gasteiger partial charge is 0.411 e. The molecule has 0 spiro atoms. The maximum absolute atomic E-state index is 13.2. The first-order valence-corrected chi connectivity index (χ1v) is 11.8. The first-order valence-electron chi connectivity index (χ1n) is 9.21. The van der Waals surface area contributed by atoms with Crippen LogP contribution in [0, 0.1) is 0 Å². The molecule has 4 aromatic rings. The van der Waals surface area contributed by atoms with Gasteiger partial charge in [-0.25, -0.2) is 0 Å². The van der Waals surface area contributed by atoms with Gasteiger partial charge >= 0.3 is 0 Å². The molecule has 1 aliphatic rings. The summed E-state index contributed by atoms with van der Waals surface area (Å²) in [5, 5.41) is 9.32. The van der Waals surface area contributed by atoms with Crippen LogP contribution in [-0.2, 0) is 4.79 Å². The van der Waals surface area contributed by atoms with Crippen molar-refractivity contribution in [2.24, 2.45) is 0 Å². The smallest absolute Gasteiger partial charge is 0.277 e. The highest BCUT2D eigenvalue weighted by molar-refractivity contribution is 8.00. The number of carbonyl (C=O) groups is 1. The van der Waals surface area contributed by atoms with Gasteiger partial charge in [-0.1, -0.05) is 71.0 Å². The summed E-state index contributed by atoms with van der Waals surface area (Å²) in [6.07, 6.45) is 0. The molecular weight excluding hydrogens is 473 g/mol. The first kappa shape index (κ1) is 20.5. The first-order chi connectivity index (χ1) is 15.1. The summed E-state index contributed by atoms with van der Waals surface area (Å²) < 4.78 is 5.71. The van der Waals surface area contributed by atoms with Gasteiger partial charge in [0.05, 0.1) is 27.7 Å². The number of amides is 1. The standard InChI is InChI=1S/C22H13Cl2N3O2S2/c23-13-9-10-14(15(24)11-13)21-25-26-22(29-21)30-12-20(28)27-16-5-1-3-7-18(16)31-19-8-4-2-6-17(19)27/h1-11H,12H2. The number of hydrogen-bond acceptors (Lipinski definition) is 6. The van der Waals surface area contributed by atoms with Crippen LogP contribution in [0.15, 0.2) is 86.2 Å². The van der Waals surface area contributed by atoms with Gasteiger partial charge in [0.25, 0.3) is 5.22 Å². The van der Waals surface area contributed by atoms with Gasteiger partial charge < -0.3 is 4.42 Å². The van der Waals surface area contributed by atoms with Gasteiger partial charge in [-0.05, 0) is 42.5 Å². The van der Waals surface area contributed by atoms with Crippen molar-refractivity contribution < 1.29 is 9.21 Å². The molecule has 0 N–H and O–H groups in total. The van der Waals surface area contributed by atoms with E-state index in [0.29, 0.717) is 20.8 Å². The summed E-state index contributed by atoms with van der Waals surface area (Å²) in [4.78, 5) is 17.1. The minimum atomic E-state index is -0.0746. The zero-order chi connectivity index (χ0) is 21.4. The van der Waals surface area contributed by atoms with E-state index in [2.05, 4.69) is 10.2 Å². The van der Waals surface area contributed by atoms with E-state index in [1.165, 1.54) is 11.8 Å². The molecule has 2 heterocycles. The number of thioether (sulfide) groups is 1. The van der Waals surface area contributed by atoms with Crippen molar-refractivity contribution in [3.05, 3.63) is 76.8 Å². The van der Waals surface area contributed by atoms with E-state index in [4.69, 9.17) is 27.6 Å². The number of fused-ring (bicyclic) bond motifs is 2. The molecule has 1 amide bonds. The monoisotopic (exact) mass is 485 g/mol. The Morgan fingerprint density at radius 2 is 1.65 bits per heavy atom. The van der Waals surface area contributed by atoms with Crippen molar-refractivity contribution in [2.45, 2.75) is 15.0 Å². The van der Waals surface area contributed by atoms with Crippen LogP contribution in [0.2, 0.25) is 10.0 Å². The van der Waals surface area contributed by atoms with Crippen molar-refractivity contribution in [1.82, 2.24) is 10.2 Å². The summed E-state index contributed by atoms with van der Waals surface area (Å²) in [6.45, 7) is 0. The van der Waals surface area contributed by atoms with Gasteiger partial charge in [0.15, 0.2) is 0 Å². The maximum Gasteiger partial charge on any atom is 0.277 e. The highest BCUT2D eigenvalue weighted by Crippen LogP contribution is 2.48. The minimum Gasteiger partial charge on any atom is -0.411 e. The lowest BCUT2D eigenvalue weighted by molar-refractivity contribution is -0.115. The Labute approximate surface area is 196 Å². The number of benzene rings is 3. The molecule has 154 valence electrons. The van der Waals surface area contributed by atoms with Crippen molar-refractivity contribution in [3.63, 3.8) is 0 Å². The number of hydrogen-bond donors (Lipinski definition) is 0. The van der Waals surface area contributed by atoms with E-state index in [1.807, 2.05) is 48.5 Å². The van der Waals surface area contributed by atoms with Gasteiger partial charge in [0.1, 0.15) is 0 Å². The Balaban J connectivity index is 1.37. The van der Waals surface area contributed by atoms with Crippen molar-refractivity contribution in [1.29, 1.82) is 0 Å². The van der Waals surface area contributed by atoms with Crippen LogP contribution >= 0.6 is 46.7 Å². The van der Waals surface area contributed by atoms with Gasteiger partial charge in [-0.3, -0.25) is 9.69 Å². The predicted molar refractivity (Wildman–Crippen MR) is 125 cm³/mol. The van der Waals surface area contributed by atoms with Crippen molar-refractivity contribution in [2.75, 3.05) is 10.7 Å². The zero-order valence-corrected chi connectivity index (χ0v) is 18.9. The number of nitrogens with zero attached hydrogens (tertiary/aromatic N) is 3. The Kier molecular flexibility index (Phi) is 5.67. The molecule has 0 saturated heterocycles. The van der Waals surface area contributed by atoms with Crippen LogP contribution in [0.1, 0.15) is 0 Å². The number of aromatic nitrogens is 2. The van der Waals surface area contributed by atoms with E-state index in [-0.39, 0.29) is 17.6 Å². The second-order valence-corrected chi connectivity index (χ2v) is 9.41. The quantitative estimate of drug-likeness (QED) is 0.291. The summed E-state index contributed by atoms with van der Waals surface area (Å²) in [5.74, 6) is 0.347. The molecule has 1 aromatic heterocycles. The van der Waals surface area contributed by atoms with E-state index in [0.717, 1.165) is 21.2 Å². The van der Waals surface area contributed by atoms with Gasteiger partial charge in [0, 0.05) is 14.8 Å². The van der Waals surface area contributed by atoms with Crippen molar-refractivity contribution >= 4 is 64.0 Å². The summed E-state index contributed by atoms with van der Waals surface area (Å²) in [5.41, 5.74) is 2.33. The summed E-state index contributed by atoms with van der Waals surface area (Å²) >= 11 is 15.0. The Hall–Kier alpha value is -2.45. The molecule has 9 heteroatoms. The number of carbonyl (C=O) groups excluding carboxylic acids is 1. The lowest BCUT2D eigenvalue weighted by atomic mass is 10.2. The molecule has 0 saturated carbocycles. The van der Waals surface area contributed by atoms with Crippen LogP contribution < -0.4 is 4.90 Å². The number of halogens is 2. The Morgan fingerprint density at radius 3 is 2.32 bits per heavy atom. The lowest BCUT2D eigenvalue weighted by Gasteiger charge is -2.30. The SMILES string of the molecule is O=C(CSc1nnc(-c2ccc(Cl)cc2Cl)o1)N1c2ccccc2Sc2ccccc21. The normalized spacial score (nSPS) is 12.4. The molecule has 0 unspecified atom stereocenters. The minimum absolute atomic E-state index is 0.0746. The molecule has 0 fully saturated rings. The van der Waals surface area contributed by atoms with Crippen LogP contribution in [0.25, 0.3) is 11.5 Å². The summed E-state index contributed by atoms with van der Waals surface area (Å²) in [6, 6.07) is 20.8. The lowest BCUT2D eigenvalue weighted by Crippen LogP contribution is -2.29. The number of para-hydroxylation sites is 2. The molecule has 5 nitrogen and oxygen atoms in total. The highest BCUT2D eigenvalue weighted by atomic mass is 35.5. The third kappa shape index (κ3) is 4.06. The molecule has 31 heavy (non-hydrogen) atoms. The van der Waals surface area contributed by atoms with Crippen molar-refractivity contribution in [3.8, 4) is 11.5 Å². The van der Waals surface area contributed by atoms with Crippen LogP contribution in [0.5, 0.6) is 0 Å².